The molecule has 6 heteroatoms. The number of benzene rings is 2. The third-order valence-electron chi connectivity index (χ3n) is 5.82. The lowest BCUT2D eigenvalue weighted by molar-refractivity contribution is -0.117. The van der Waals surface area contributed by atoms with Crippen molar-refractivity contribution in [3.8, 4) is 0 Å². The van der Waals surface area contributed by atoms with Crippen LogP contribution < -0.4 is 5.32 Å². The second-order valence-corrected chi connectivity index (χ2v) is 10.2. The quantitative estimate of drug-likeness (QED) is 0.884. The van der Waals surface area contributed by atoms with Crippen molar-refractivity contribution in [2.24, 2.45) is 0 Å². The summed E-state index contributed by atoms with van der Waals surface area (Å²) in [5.74, 6) is -0.0380. The number of carbonyl (C=O) groups is 1. The zero-order valence-electron chi connectivity index (χ0n) is 15.8. The van der Waals surface area contributed by atoms with E-state index in [2.05, 4.69) is 17.4 Å². The maximum Gasteiger partial charge on any atom is 0.243 e. The molecule has 0 saturated heterocycles. The number of anilines is 1. The van der Waals surface area contributed by atoms with Gasteiger partial charge in [-0.25, -0.2) is 8.42 Å². The number of likely N-dealkylation sites (N-methyl/N-ethyl adjacent to an activating group) is 1. The smallest absolute Gasteiger partial charge is 0.243 e. The number of rotatable bonds is 3. The first-order chi connectivity index (χ1) is 12.7. The molecule has 142 valence electrons. The molecule has 0 aromatic heterocycles. The first-order valence-corrected chi connectivity index (χ1v) is 10.6. The predicted octanol–water partition coefficient (Wildman–Crippen LogP) is 3.09. The highest BCUT2D eigenvalue weighted by Gasteiger charge is 2.36. The average Bonchev–Trinajstić information content (AvgIpc) is 3.03. The first-order valence-electron chi connectivity index (χ1n) is 9.18. The van der Waals surface area contributed by atoms with E-state index in [1.165, 1.54) is 15.4 Å². The summed E-state index contributed by atoms with van der Waals surface area (Å²) in [4.78, 5) is 12.2. The van der Waals surface area contributed by atoms with Gasteiger partial charge in [0, 0.05) is 30.6 Å². The Morgan fingerprint density at radius 3 is 2.33 bits per heavy atom. The van der Waals surface area contributed by atoms with E-state index in [1.54, 1.807) is 25.2 Å². The van der Waals surface area contributed by atoms with Gasteiger partial charge >= 0.3 is 0 Å². The van der Waals surface area contributed by atoms with E-state index < -0.39 is 15.4 Å². The Balaban J connectivity index is 1.66. The molecule has 1 N–H and O–H groups in total. The minimum Gasteiger partial charge on any atom is -0.326 e. The lowest BCUT2D eigenvalue weighted by Crippen LogP contribution is -2.38. The molecule has 0 fully saturated rings. The molecule has 0 bridgehead atoms. The van der Waals surface area contributed by atoms with E-state index in [9.17, 15) is 13.2 Å². The van der Waals surface area contributed by atoms with Crippen LogP contribution in [0.1, 0.15) is 37.0 Å². The summed E-state index contributed by atoms with van der Waals surface area (Å²) in [5, 5.41) is 2.84. The maximum absolute atomic E-state index is 13.3. The molecule has 1 heterocycles. The fraction of sp³-hybridized carbons (Fsp3) is 0.381. The van der Waals surface area contributed by atoms with Gasteiger partial charge in [0.25, 0.3) is 0 Å². The van der Waals surface area contributed by atoms with E-state index in [0.29, 0.717) is 12.1 Å². The number of hydrogen-bond acceptors (Lipinski definition) is 3. The van der Waals surface area contributed by atoms with Crippen molar-refractivity contribution in [2.45, 2.75) is 49.5 Å². The number of nitrogens with zero attached hydrogens (tertiary/aromatic N) is 1. The van der Waals surface area contributed by atoms with Crippen molar-refractivity contribution < 1.29 is 13.2 Å². The molecule has 27 heavy (non-hydrogen) atoms. The third-order valence-corrected chi connectivity index (χ3v) is 7.72. The normalized spacial score (nSPS) is 18.9. The van der Waals surface area contributed by atoms with Gasteiger partial charge in [0.05, 0.1) is 4.90 Å². The van der Waals surface area contributed by atoms with Gasteiger partial charge in [-0.1, -0.05) is 38.1 Å². The summed E-state index contributed by atoms with van der Waals surface area (Å²) in [5.41, 5.74) is 3.61. The summed E-state index contributed by atoms with van der Waals surface area (Å²) in [6.45, 7) is 3.94. The van der Waals surface area contributed by atoms with Gasteiger partial charge in [-0.3, -0.25) is 4.79 Å². The molecule has 0 spiro atoms. The van der Waals surface area contributed by atoms with Gasteiger partial charge in [-0.15, -0.1) is 0 Å². The van der Waals surface area contributed by atoms with Crippen LogP contribution in [0.2, 0.25) is 0 Å². The Kier molecular flexibility index (Phi) is 4.16. The SMILES string of the molecule is CN(C1Cc2ccccc2C1)S(=O)(=O)c1ccc2c(c1)C(C)(C)CC(=O)N2. The summed E-state index contributed by atoms with van der Waals surface area (Å²) in [6, 6.07) is 13.1. The Morgan fingerprint density at radius 1 is 1.07 bits per heavy atom. The Labute approximate surface area is 160 Å². The molecule has 1 aliphatic heterocycles. The molecule has 5 nitrogen and oxygen atoms in total. The molecule has 2 aromatic rings. The van der Waals surface area contributed by atoms with Crippen LogP contribution in [0.5, 0.6) is 0 Å². The molecule has 0 saturated carbocycles. The minimum atomic E-state index is -3.62. The van der Waals surface area contributed by atoms with Gasteiger partial charge < -0.3 is 5.32 Å². The molecule has 1 aliphatic carbocycles. The maximum atomic E-state index is 13.3. The van der Waals surface area contributed by atoms with Crippen LogP contribution in [0.4, 0.5) is 5.69 Å². The molecular formula is C21H24N2O3S. The van der Waals surface area contributed by atoms with Gasteiger partial charge in [-0.05, 0) is 47.7 Å². The molecule has 0 atom stereocenters. The number of fused-ring (bicyclic) bond motifs is 2. The van der Waals surface area contributed by atoms with E-state index in [-0.39, 0.29) is 16.8 Å². The zero-order chi connectivity index (χ0) is 19.4. The minimum absolute atomic E-state index is 0.0380. The molecule has 1 amide bonds. The van der Waals surface area contributed by atoms with Crippen LogP contribution in [0.3, 0.4) is 0 Å². The predicted molar refractivity (Wildman–Crippen MR) is 105 cm³/mol. The second-order valence-electron chi connectivity index (χ2n) is 8.17. The third kappa shape index (κ3) is 3.07. The molecule has 2 aromatic carbocycles. The summed E-state index contributed by atoms with van der Waals surface area (Å²) in [7, 11) is -1.95. The van der Waals surface area contributed by atoms with Gasteiger partial charge in [-0.2, -0.15) is 4.31 Å². The molecule has 2 aliphatic rings. The fourth-order valence-corrected chi connectivity index (χ4v) is 5.58. The van der Waals surface area contributed by atoms with Crippen molar-refractivity contribution in [3.63, 3.8) is 0 Å². The van der Waals surface area contributed by atoms with Crippen LogP contribution >= 0.6 is 0 Å². The van der Waals surface area contributed by atoms with Crippen molar-refractivity contribution >= 4 is 21.6 Å². The Hall–Kier alpha value is -2.18. The molecule has 0 unspecified atom stereocenters. The van der Waals surface area contributed by atoms with Crippen LogP contribution in [-0.2, 0) is 33.1 Å². The number of carbonyl (C=O) groups excluding carboxylic acids is 1. The number of nitrogens with one attached hydrogen (secondary N) is 1. The summed E-state index contributed by atoms with van der Waals surface area (Å²) >= 11 is 0. The van der Waals surface area contributed by atoms with Crippen LogP contribution in [-0.4, -0.2) is 31.7 Å². The van der Waals surface area contributed by atoms with Crippen LogP contribution in [0, 0.1) is 0 Å². The highest BCUT2D eigenvalue weighted by molar-refractivity contribution is 7.89. The molecular weight excluding hydrogens is 360 g/mol. The molecule has 0 radical (unpaired) electrons. The number of amides is 1. The van der Waals surface area contributed by atoms with Crippen LogP contribution in [0.25, 0.3) is 0 Å². The number of sulfonamides is 1. The monoisotopic (exact) mass is 384 g/mol. The fourth-order valence-electron chi connectivity index (χ4n) is 4.20. The van der Waals surface area contributed by atoms with E-state index >= 15 is 0 Å². The van der Waals surface area contributed by atoms with Crippen molar-refractivity contribution in [1.29, 1.82) is 0 Å². The van der Waals surface area contributed by atoms with Gasteiger partial charge in [0.1, 0.15) is 0 Å². The standard InChI is InChI=1S/C21H24N2O3S/c1-21(2)13-20(24)22-19-9-8-17(12-18(19)21)27(25,26)23(3)16-10-14-6-4-5-7-15(14)11-16/h4-9,12,16H,10-11,13H2,1-3H3,(H,22,24). The first kappa shape index (κ1) is 18.2. The summed E-state index contributed by atoms with van der Waals surface area (Å²) < 4.78 is 28.0. The lowest BCUT2D eigenvalue weighted by atomic mass is 9.78. The Morgan fingerprint density at radius 2 is 1.70 bits per heavy atom. The van der Waals surface area contributed by atoms with Crippen molar-refractivity contribution in [3.05, 3.63) is 59.2 Å². The van der Waals surface area contributed by atoms with E-state index in [4.69, 9.17) is 0 Å². The molecule has 4 rings (SSSR count). The Bertz CT molecular complexity index is 1000. The van der Waals surface area contributed by atoms with Gasteiger partial charge in [0.15, 0.2) is 0 Å². The van der Waals surface area contributed by atoms with Crippen LogP contribution in [0.15, 0.2) is 47.4 Å². The van der Waals surface area contributed by atoms with Crippen molar-refractivity contribution in [2.75, 3.05) is 12.4 Å². The van der Waals surface area contributed by atoms with Gasteiger partial charge in [0.2, 0.25) is 15.9 Å². The van der Waals surface area contributed by atoms with E-state index in [0.717, 1.165) is 18.4 Å². The lowest BCUT2D eigenvalue weighted by Gasteiger charge is -2.33. The van der Waals surface area contributed by atoms with E-state index in [1.807, 2.05) is 26.0 Å². The average molecular weight is 385 g/mol. The zero-order valence-corrected chi connectivity index (χ0v) is 16.6. The van der Waals surface area contributed by atoms with Crippen molar-refractivity contribution in [1.82, 2.24) is 4.31 Å². The highest BCUT2D eigenvalue weighted by atomic mass is 32.2. The highest BCUT2D eigenvalue weighted by Crippen LogP contribution is 2.39. The topological polar surface area (TPSA) is 66.5 Å². The summed E-state index contributed by atoms with van der Waals surface area (Å²) in [6.07, 6.45) is 1.81. The number of hydrogen-bond donors (Lipinski definition) is 1. The second kappa shape index (κ2) is 6.17. The largest absolute Gasteiger partial charge is 0.326 e.